The lowest BCUT2D eigenvalue weighted by Gasteiger charge is -2.14. The number of nitrogens with one attached hydrogen (secondary N) is 2. The van der Waals surface area contributed by atoms with Gasteiger partial charge >= 0.3 is 6.09 Å². The summed E-state index contributed by atoms with van der Waals surface area (Å²) in [5, 5.41) is 15.9. The number of amides is 2. The number of ether oxygens (including phenoxy) is 1. The lowest BCUT2D eigenvalue weighted by Crippen LogP contribution is -2.46. The summed E-state index contributed by atoms with van der Waals surface area (Å²) in [4.78, 5) is 32.1. The number of hydrogen-bond acceptors (Lipinski definition) is 6. The molecule has 0 spiro atoms. The highest BCUT2D eigenvalue weighted by molar-refractivity contribution is 7.14. The first-order valence-electron chi connectivity index (χ1n) is 9.16. The molecule has 0 aliphatic rings. The van der Waals surface area contributed by atoms with Crippen LogP contribution in [0.4, 0.5) is 9.93 Å². The number of aromatic nitrogens is 2. The van der Waals surface area contributed by atoms with Crippen molar-refractivity contribution >= 4 is 28.5 Å². The maximum atomic E-state index is 12.3. The van der Waals surface area contributed by atoms with Crippen molar-refractivity contribution in [3.05, 3.63) is 53.2 Å². The average molecular weight is 426 g/mol. The normalized spacial score (nSPS) is 11.7. The summed E-state index contributed by atoms with van der Waals surface area (Å²) < 4.78 is 4.90. The van der Waals surface area contributed by atoms with E-state index in [2.05, 4.69) is 20.6 Å². The Labute approximate surface area is 178 Å². The van der Waals surface area contributed by atoms with Gasteiger partial charge in [-0.1, -0.05) is 18.2 Å². The van der Waals surface area contributed by atoms with Crippen molar-refractivity contribution in [2.45, 2.75) is 19.9 Å². The van der Waals surface area contributed by atoms with Crippen LogP contribution in [0.5, 0.6) is 0 Å². The van der Waals surface area contributed by atoms with Crippen LogP contribution >= 0.6 is 11.3 Å². The number of aryl methyl sites for hydroxylation is 2. The van der Waals surface area contributed by atoms with Gasteiger partial charge in [-0.25, -0.2) is 9.78 Å². The molecule has 2 heterocycles. The molecule has 3 rings (SSSR count). The molecule has 1 unspecified atom stereocenters. The molecule has 0 saturated carbocycles. The topological polar surface area (TPSA) is 113 Å². The molecule has 2 amide bonds. The smallest absolute Gasteiger partial charge is 0.405 e. The van der Waals surface area contributed by atoms with Gasteiger partial charge in [0.1, 0.15) is 6.04 Å². The molecule has 1 atom stereocenters. The molecular weight excluding hydrogens is 404 g/mol. The van der Waals surface area contributed by atoms with Gasteiger partial charge in [0.05, 0.1) is 12.3 Å². The number of carboxylic acid groups (broad SMARTS) is 1. The van der Waals surface area contributed by atoms with Crippen LogP contribution in [0.15, 0.2) is 41.8 Å². The third-order valence-corrected chi connectivity index (χ3v) is 5.01. The molecule has 0 aliphatic heterocycles. The van der Waals surface area contributed by atoms with Crippen molar-refractivity contribution in [1.82, 2.24) is 15.3 Å². The molecule has 0 fully saturated rings. The lowest BCUT2D eigenvalue weighted by atomic mass is 10.0. The Bertz CT molecular complexity index is 1050. The summed E-state index contributed by atoms with van der Waals surface area (Å²) in [5.41, 5.74) is 5.66. The van der Waals surface area contributed by atoms with Crippen molar-refractivity contribution in [3.8, 4) is 22.4 Å². The first-order valence-corrected chi connectivity index (χ1v) is 10.0. The number of methoxy groups -OCH3 is 1. The zero-order chi connectivity index (χ0) is 21.7. The third-order valence-electron chi connectivity index (χ3n) is 4.25. The van der Waals surface area contributed by atoms with Gasteiger partial charge in [-0.2, -0.15) is 0 Å². The van der Waals surface area contributed by atoms with Gasteiger partial charge in [0.25, 0.3) is 5.91 Å². The monoisotopic (exact) mass is 426 g/mol. The molecule has 1 aromatic carbocycles. The SMILES string of the molecule is COCC(NC(=O)O)C(=O)Nc1nc(-c2cccc(-c3cc(C)nc(C)c3)c2)cs1. The first kappa shape index (κ1) is 21.4. The van der Waals surface area contributed by atoms with Gasteiger partial charge in [0, 0.05) is 29.4 Å². The van der Waals surface area contributed by atoms with E-state index in [4.69, 9.17) is 9.84 Å². The predicted molar refractivity (Wildman–Crippen MR) is 116 cm³/mol. The Morgan fingerprint density at radius 3 is 2.47 bits per heavy atom. The largest absolute Gasteiger partial charge is 0.465 e. The molecule has 3 N–H and O–H groups in total. The lowest BCUT2D eigenvalue weighted by molar-refractivity contribution is -0.119. The number of anilines is 1. The third kappa shape index (κ3) is 5.40. The molecule has 30 heavy (non-hydrogen) atoms. The second kappa shape index (κ2) is 9.47. The molecule has 0 aliphatic carbocycles. The fourth-order valence-corrected chi connectivity index (χ4v) is 3.74. The van der Waals surface area contributed by atoms with Crippen LogP contribution in [-0.4, -0.2) is 46.8 Å². The summed E-state index contributed by atoms with van der Waals surface area (Å²) in [6.45, 7) is 3.85. The number of nitrogens with zero attached hydrogens (tertiary/aromatic N) is 2. The van der Waals surface area contributed by atoms with Crippen molar-refractivity contribution in [2.75, 3.05) is 19.0 Å². The quantitative estimate of drug-likeness (QED) is 0.531. The Morgan fingerprint density at radius 2 is 1.80 bits per heavy atom. The standard InChI is InChI=1S/C21H22N4O4S/c1-12-7-16(8-13(2)22-12)14-5-4-6-15(9-14)18-11-30-20(23-18)25-19(26)17(10-29-3)24-21(27)28/h4-9,11,17,24H,10H2,1-3H3,(H,27,28)(H,23,25,26). The number of carbonyl (C=O) groups excluding carboxylic acids is 1. The van der Waals surface area contributed by atoms with Crippen LogP contribution in [0.2, 0.25) is 0 Å². The number of thiazole rings is 1. The molecule has 9 heteroatoms. The molecule has 0 radical (unpaired) electrons. The Balaban J connectivity index is 1.79. The van der Waals surface area contributed by atoms with Gasteiger partial charge in [-0.3, -0.25) is 9.78 Å². The fourth-order valence-electron chi connectivity index (χ4n) is 3.01. The van der Waals surface area contributed by atoms with E-state index < -0.39 is 18.0 Å². The highest BCUT2D eigenvalue weighted by Gasteiger charge is 2.21. The van der Waals surface area contributed by atoms with Gasteiger partial charge in [-0.15, -0.1) is 11.3 Å². The van der Waals surface area contributed by atoms with Crippen LogP contribution in [0, 0.1) is 13.8 Å². The van der Waals surface area contributed by atoms with Crippen LogP contribution in [-0.2, 0) is 9.53 Å². The second-order valence-corrected chi connectivity index (χ2v) is 7.56. The Kier molecular flexibility index (Phi) is 6.76. The summed E-state index contributed by atoms with van der Waals surface area (Å²) in [6, 6.07) is 11.0. The Hall–Kier alpha value is -3.30. The first-order chi connectivity index (χ1) is 14.4. The zero-order valence-electron chi connectivity index (χ0n) is 16.8. The number of hydrogen-bond donors (Lipinski definition) is 3. The van der Waals surface area contributed by atoms with E-state index >= 15 is 0 Å². The molecule has 156 valence electrons. The van der Waals surface area contributed by atoms with Crippen LogP contribution in [0.1, 0.15) is 11.4 Å². The van der Waals surface area contributed by atoms with E-state index in [1.54, 1.807) is 0 Å². The summed E-state index contributed by atoms with van der Waals surface area (Å²) in [5.74, 6) is -0.531. The fraction of sp³-hybridized carbons (Fsp3) is 0.238. The maximum absolute atomic E-state index is 12.3. The van der Waals surface area contributed by atoms with E-state index in [-0.39, 0.29) is 6.61 Å². The van der Waals surface area contributed by atoms with Gasteiger partial charge in [0.2, 0.25) is 0 Å². The van der Waals surface area contributed by atoms with E-state index in [0.29, 0.717) is 10.8 Å². The molecule has 0 saturated heterocycles. The minimum atomic E-state index is -1.30. The highest BCUT2D eigenvalue weighted by atomic mass is 32.1. The maximum Gasteiger partial charge on any atom is 0.405 e. The van der Waals surface area contributed by atoms with Gasteiger partial charge in [-0.05, 0) is 43.2 Å². The molecule has 2 aromatic heterocycles. The highest BCUT2D eigenvalue weighted by Crippen LogP contribution is 2.29. The minimum absolute atomic E-state index is 0.0802. The number of benzene rings is 1. The summed E-state index contributed by atoms with van der Waals surface area (Å²) >= 11 is 1.26. The van der Waals surface area contributed by atoms with Crippen molar-refractivity contribution in [3.63, 3.8) is 0 Å². The average Bonchev–Trinajstić information content (AvgIpc) is 3.15. The number of pyridine rings is 1. The predicted octanol–water partition coefficient (Wildman–Crippen LogP) is 3.71. The van der Waals surface area contributed by atoms with Crippen LogP contribution in [0.25, 0.3) is 22.4 Å². The van der Waals surface area contributed by atoms with Crippen molar-refractivity contribution < 1.29 is 19.4 Å². The molecule has 3 aromatic rings. The zero-order valence-corrected chi connectivity index (χ0v) is 17.6. The van der Waals surface area contributed by atoms with E-state index in [1.807, 2.05) is 55.6 Å². The molecular formula is C21H22N4O4S. The molecule has 8 nitrogen and oxygen atoms in total. The van der Waals surface area contributed by atoms with Crippen LogP contribution in [0.3, 0.4) is 0 Å². The summed E-state index contributed by atoms with van der Waals surface area (Å²) in [7, 11) is 1.39. The Morgan fingerprint density at radius 1 is 1.10 bits per heavy atom. The second-order valence-electron chi connectivity index (χ2n) is 6.70. The van der Waals surface area contributed by atoms with E-state index in [9.17, 15) is 9.59 Å². The van der Waals surface area contributed by atoms with E-state index in [1.165, 1.54) is 18.4 Å². The summed E-state index contributed by atoms with van der Waals surface area (Å²) in [6.07, 6.45) is -1.30. The van der Waals surface area contributed by atoms with Crippen LogP contribution < -0.4 is 10.6 Å². The van der Waals surface area contributed by atoms with Crippen molar-refractivity contribution in [2.24, 2.45) is 0 Å². The number of carbonyl (C=O) groups is 2. The van der Waals surface area contributed by atoms with Gasteiger partial charge < -0.3 is 20.5 Å². The van der Waals surface area contributed by atoms with E-state index in [0.717, 1.165) is 28.1 Å². The van der Waals surface area contributed by atoms with Gasteiger partial charge in [0.15, 0.2) is 5.13 Å². The van der Waals surface area contributed by atoms with Crippen molar-refractivity contribution in [1.29, 1.82) is 0 Å². The molecule has 0 bridgehead atoms. The minimum Gasteiger partial charge on any atom is -0.465 e. The number of rotatable bonds is 7.